The Kier molecular flexibility index (Phi) is 8.53. The van der Waals surface area contributed by atoms with Gasteiger partial charge in [0.05, 0.1) is 0 Å². The van der Waals surface area contributed by atoms with E-state index in [0.717, 1.165) is 12.0 Å². The lowest BCUT2D eigenvalue weighted by molar-refractivity contribution is -0.143. The molecule has 2 amide bonds. The Hall–Kier alpha value is -2.82. The molecule has 0 saturated heterocycles. The smallest absolute Gasteiger partial charge is 0.261 e. The number of para-hydroxylation sites is 1. The highest BCUT2D eigenvalue weighted by Gasteiger charge is 2.29. The number of hydrogen-bond donors (Lipinski definition) is 1. The van der Waals surface area contributed by atoms with Crippen molar-refractivity contribution in [1.29, 1.82) is 0 Å². The highest BCUT2D eigenvalue weighted by molar-refractivity contribution is 5.88. The van der Waals surface area contributed by atoms with E-state index >= 15 is 0 Å². The molecule has 0 fully saturated rings. The molecule has 0 saturated carbocycles. The normalized spacial score (nSPS) is 12.7. The summed E-state index contributed by atoms with van der Waals surface area (Å²) in [4.78, 5) is 27.4. The van der Waals surface area contributed by atoms with Gasteiger partial charge in [-0.3, -0.25) is 9.59 Å². The van der Waals surface area contributed by atoms with Crippen molar-refractivity contribution in [2.24, 2.45) is 0 Å². The van der Waals surface area contributed by atoms with Crippen molar-refractivity contribution in [3.8, 4) is 5.75 Å². The minimum Gasteiger partial charge on any atom is -0.484 e. The van der Waals surface area contributed by atoms with E-state index < -0.39 is 6.04 Å². The number of nitrogens with zero attached hydrogens (tertiary/aromatic N) is 1. The fraction of sp³-hybridized carbons (Fsp3) is 0.391. The van der Waals surface area contributed by atoms with Crippen LogP contribution < -0.4 is 10.1 Å². The summed E-state index contributed by atoms with van der Waals surface area (Å²) >= 11 is 0. The Balaban J connectivity index is 2.16. The number of carbonyl (C=O) groups excluding carboxylic acids is 2. The standard InChI is InChI=1S/C23H30N2O3/c1-4-18(3)24-23(27)21(5-2)25(16-19-12-8-6-9-13-19)22(26)17-28-20-14-10-7-11-15-20/h6-15,18,21H,4-5,16-17H2,1-3H3,(H,24,27)/t18-,21-/m1/s1. The lowest BCUT2D eigenvalue weighted by Crippen LogP contribution is -2.51. The van der Waals surface area contributed by atoms with Gasteiger partial charge in [-0.25, -0.2) is 0 Å². The van der Waals surface area contributed by atoms with Crippen LogP contribution in [0.5, 0.6) is 5.75 Å². The molecule has 0 aromatic heterocycles. The van der Waals surface area contributed by atoms with E-state index in [1.165, 1.54) is 0 Å². The maximum Gasteiger partial charge on any atom is 0.261 e. The van der Waals surface area contributed by atoms with Gasteiger partial charge in [0, 0.05) is 12.6 Å². The molecule has 0 bridgehead atoms. The van der Waals surface area contributed by atoms with E-state index in [9.17, 15) is 9.59 Å². The van der Waals surface area contributed by atoms with Gasteiger partial charge in [0.2, 0.25) is 5.91 Å². The molecule has 5 nitrogen and oxygen atoms in total. The summed E-state index contributed by atoms with van der Waals surface area (Å²) in [7, 11) is 0. The number of carbonyl (C=O) groups is 2. The second-order valence-corrected chi connectivity index (χ2v) is 6.85. The van der Waals surface area contributed by atoms with Gasteiger partial charge in [-0.1, -0.05) is 62.4 Å². The average molecular weight is 383 g/mol. The van der Waals surface area contributed by atoms with E-state index in [4.69, 9.17) is 4.74 Å². The van der Waals surface area contributed by atoms with Gasteiger partial charge >= 0.3 is 0 Å². The first-order chi connectivity index (χ1) is 13.5. The molecule has 28 heavy (non-hydrogen) atoms. The number of nitrogens with one attached hydrogen (secondary N) is 1. The van der Waals surface area contributed by atoms with Gasteiger partial charge in [0.25, 0.3) is 5.91 Å². The second kappa shape index (κ2) is 11.1. The summed E-state index contributed by atoms with van der Waals surface area (Å²) in [5.74, 6) is 0.298. The largest absolute Gasteiger partial charge is 0.484 e. The Bertz CT molecular complexity index is 734. The molecule has 0 radical (unpaired) electrons. The van der Waals surface area contributed by atoms with E-state index in [2.05, 4.69) is 5.32 Å². The number of rotatable bonds is 10. The lowest BCUT2D eigenvalue weighted by Gasteiger charge is -2.31. The molecule has 2 rings (SSSR count). The van der Waals surface area contributed by atoms with E-state index in [1.54, 1.807) is 4.90 Å². The molecule has 0 spiro atoms. The Morgan fingerprint density at radius 1 is 0.964 bits per heavy atom. The third-order valence-corrected chi connectivity index (χ3v) is 4.69. The van der Waals surface area contributed by atoms with Crippen LogP contribution in [0.1, 0.15) is 39.2 Å². The van der Waals surface area contributed by atoms with Crippen molar-refractivity contribution in [3.05, 3.63) is 66.2 Å². The van der Waals surface area contributed by atoms with Crippen LogP contribution in [-0.4, -0.2) is 35.4 Å². The molecule has 2 aromatic carbocycles. The minimum absolute atomic E-state index is 0.0656. The molecule has 1 N–H and O–H groups in total. The third kappa shape index (κ3) is 6.41. The molecule has 0 aliphatic rings. The Labute approximate surface area is 167 Å². The van der Waals surface area contributed by atoms with Crippen LogP contribution in [-0.2, 0) is 16.1 Å². The Morgan fingerprint density at radius 3 is 2.14 bits per heavy atom. The van der Waals surface area contributed by atoms with Gasteiger partial charge in [-0.2, -0.15) is 0 Å². The molecule has 0 aliphatic heterocycles. The molecule has 0 unspecified atom stereocenters. The first-order valence-corrected chi connectivity index (χ1v) is 9.86. The van der Waals surface area contributed by atoms with Crippen LogP contribution >= 0.6 is 0 Å². The second-order valence-electron chi connectivity index (χ2n) is 6.85. The van der Waals surface area contributed by atoms with Crippen molar-refractivity contribution >= 4 is 11.8 Å². The van der Waals surface area contributed by atoms with Crippen molar-refractivity contribution in [2.45, 2.75) is 52.2 Å². The van der Waals surface area contributed by atoms with Crippen molar-refractivity contribution in [1.82, 2.24) is 10.2 Å². The summed E-state index contributed by atoms with van der Waals surface area (Å²) < 4.78 is 5.64. The fourth-order valence-corrected chi connectivity index (χ4v) is 2.89. The number of hydrogen-bond acceptors (Lipinski definition) is 3. The molecule has 5 heteroatoms. The van der Waals surface area contributed by atoms with E-state index in [1.807, 2.05) is 81.4 Å². The van der Waals surface area contributed by atoms with Crippen LogP contribution in [0.2, 0.25) is 0 Å². The van der Waals surface area contributed by atoms with Crippen LogP contribution in [0.25, 0.3) is 0 Å². The molecule has 150 valence electrons. The molecule has 0 aliphatic carbocycles. The number of amides is 2. The zero-order valence-electron chi connectivity index (χ0n) is 16.9. The molecule has 0 heterocycles. The third-order valence-electron chi connectivity index (χ3n) is 4.69. The van der Waals surface area contributed by atoms with Crippen molar-refractivity contribution in [3.63, 3.8) is 0 Å². The van der Waals surface area contributed by atoms with E-state index in [0.29, 0.717) is 18.7 Å². The van der Waals surface area contributed by atoms with Crippen LogP contribution in [0, 0.1) is 0 Å². The summed E-state index contributed by atoms with van der Waals surface area (Å²) in [6.45, 7) is 6.16. The molecular weight excluding hydrogens is 352 g/mol. The maximum absolute atomic E-state index is 13.0. The van der Waals surface area contributed by atoms with E-state index in [-0.39, 0.29) is 24.5 Å². The Morgan fingerprint density at radius 2 is 1.57 bits per heavy atom. The highest BCUT2D eigenvalue weighted by Crippen LogP contribution is 2.14. The van der Waals surface area contributed by atoms with Gasteiger partial charge in [0.1, 0.15) is 11.8 Å². The van der Waals surface area contributed by atoms with Gasteiger partial charge < -0.3 is 15.0 Å². The summed E-state index contributed by atoms with van der Waals surface area (Å²) in [6.07, 6.45) is 1.37. The van der Waals surface area contributed by atoms with Crippen LogP contribution in [0.4, 0.5) is 0 Å². The first-order valence-electron chi connectivity index (χ1n) is 9.86. The van der Waals surface area contributed by atoms with Gasteiger partial charge in [-0.05, 0) is 37.5 Å². The predicted octanol–water partition coefficient (Wildman–Crippen LogP) is 3.79. The molecule has 2 atom stereocenters. The maximum atomic E-state index is 13.0. The quantitative estimate of drug-likeness (QED) is 0.680. The highest BCUT2D eigenvalue weighted by atomic mass is 16.5. The van der Waals surface area contributed by atoms with Crippen LogP contribution in [0.3, 0.4) is 0 Å². The fourth-order valence-electron chi connectivity index (χ4n) is 2.89. The summed E-state index contributed by atoms with van der Waals surface area (Å²) in [6, 6.07) is 18.4. The van der Waals surface area contributed by atoms with Gasteiger partial charge in [0.15, 0.2) is 6.61 Å². The summed E-state index contributed by atoms with van der Waals surface area (Å²) in [5.41, 5.74) is 0.977. The predicted molar refractivity (Wildman–Crippen MR) is 111 cm³/mol. The van der Waals surface area contributed by atoms with Crippen LogP contribution in [0.15, 0.2) is 60.7 Å². The zero-order valence-corrected chi connectivity index (χ0v) is 16.9. The number of benzene rings is 2. The summed E-state index contributed by atoms with van der Waals surface area (Å²) in [5, 5.41) is 3.00. The average Bonchev–Trinajstić information content (AvgIpc) is 2.73. The molecule has 2 aromatic rings. The first kappa shape index (κ1) is 21.5. The SMILES string of the molecule is CC[C@@H](C)NC(=O)[C@@H](CC)N(Cc1ccccc1)C(=O)COc1ccccc1. The van der Waals surface area contributed by atoms with Crippen molar-refractivity contribution < 1.29 is 14.3 Å². The minimum atomic E-state index is -0.541. The topological polar surface area (TPSA) is 58.6 Å². The monoisotopic (exact) mass is 382 g/mol. The zero-order chi connectivity index (χ0) is 20.4. The lowest BCUT2D eigenvalue weighted by atomic mass is 10.1. The van der Waals surface area contributed by atoms with Crippen molar-refractivity contribution in [2.75, 3.05) is 6.61 Å². The molecular formula is C23H30N2O3. The van der Waals surface area contributed by atoms with Gasteiger partial charge in [-0.15, -0.1) is 0 Å². The number of ether oxygens (including phenoxy) is 1.